The molecule has 2 saturated carbocycles. The number of likely N-dealkylation sites (tertiary alicyclic amines) is 1. The van der Waals surface area contributed by atoms with Crippen LogP contribution in [0, 0.1) is 23.7 Å². The first-order valence-corrected chi connectivity index (χ1v) is 7.09. The minimum absolute atomic E-state index is 0.402. The molecule has 1 saturated heterocycles. The normalized spacial score (nSPS) is 40.2. The van der Waals surface area contributed by atoms with Crippen molar-refractivity contribution >= 4 is 5.91 Å². The topological polar surface area (TPSA) is 29.5 Å². The third-order valence-corrected chi connectivity index (χ3v) is 4.94. The maximum atomic E-state index is 12.4. The molecule has 17 heavy (non-hydrogen) atoms. The lowest BCUT2D eigenvalue weighted by Gasteiger charge is -2.16. The number of rotatable bonds is 3. The number of nitrogens with zero attached hydrogens (tertiary/aromatic N) is 1. The van der Waals surface area contributed by atoms with Crippen LogP contribution in [0.2, 0.25) is 0 Å². The summed E-state index contributed by atoms with van der Waals surface area (Å²) in [6, 6.07) is 0. The third kappa shape index (κ3) is 2.10. The number of fused-ring (bicyclic) bond motifs is 1. The molecule has 3 atom stereocenters. The van der Waals surface area contributed by atoms with Gasteiger partial charge in [0.05, 0.1) is 6.61 Å². The maximum absolute atomic E-state index is 12.4. The summed E-state index contributed by atoms with van der Waals surface area (Å²) >= 11 is 0. The van der Waals surface area contributed by atoms with Crippen LogP contribution in [-0.2, 0) is 9.53 Å². The first kappa shape index (κ1) is 11.5. The van der Waals surface area contributed by atoms with Crippen molar-refractivity contribution in [3.8, 4) is 0 Å². The monoisotopic (exact) mass is 237 g/mol. The molecule has 0 aromatic carbocycles. The van der Waals surface area contributed by atoms with E-state index in [1.165, 1.54) is 25.7 Å². The zero-order chi connectivity index (χ0) is 11.8. The molecule has 0 aromatic heterocycles. The summed E-state index contributed by atoms with van der Waals surface area (Å²) < 4.78 is 5.19. The molecular formula is C14H23NO2. The molecule has 2 aliphatic carbocycles. The fraction of sp³-hybridized carbons (Fsp3) is 0.929. The second-order valence-corrected chi connectivity index (χ2v) is 6.03. The van der Waals surface area contributed by atoms with Crippen molar-refractivity contribution < 1.29 is 9.53 Å². The van der Waals surface area contributed by atoms with E-state index >= 15 is 0 Å². The SMILES string of the molecule is COCC1CCN(C(=O)C2C3CCCCC32)C1. The molecule has 0 radical (unpaired) electrons. The van der Waals surface area contributed by atoms with Gasteiger partial charge >= 0.3 is 0 Å². The van der Waals surface area contributed by atoms with E-state index in [0.717, 1.165) is 38.0 Å². The van der Waals surface area contributed by atoms with E-state index in [9.17, 15) is 4.79 Å². The molecule has 0 bridgehead atoms. The highest BCUT2D eigenvalue weighted by Gasteiger charge is 2.56. The van der Waals surface area contributed by atoms with E-state index in [0.29, 0.717) is 17.7 Å². The van der Waals surface area contributed by atoms with E-state index in [4.69, 9.17) is 4.74 Å². The highest BCUT2D eigenvalue weighted by atomic mass is 16.5. The molecule has 3 unspecified atom stereocenters. The molecule has 3 aliphatic rings. The number of hydrogen-bond acceptors (Lipinski definition) is 2. The maximum Gasteiger partial charge on any atom is 0.226 e. The van der Waals surface area contributed by atoms with Crippen LogP contribution in [0.5, 0.6) is 0 Å². The van der Waals surface area contributed by atoms with Gasteiger partial charge in [0.2, 0.25) is 5.91 Å². The van der Waals surface area contributed by atoms with Gasteiger partial charge in [0.15, 0.2) is 0 Å². The van der Waals surface area contributed by atoms with Crippen LogP contribution in [0.1, 0.15) is 32.1 Å². The standard InChI is InChI=1S/C14H23NO2/c1-17-9-10-6-7-15(8-10)14(16)13-11-4-2-3-5-12(11)13/h10-13H,2-9H2,1H3. The number of carbonyl (C=O) groups is 1. The molecule has 3 heteroatoms. The zero-order valence-electron chi connectivity index (χ0n) is 10.7. The molecule has 0 spiro atoms. The largest absolute Gasteiger partial charge is 0.384 e. The third-order valence-electron chi connectivity index (χ3n) is 4.94. The fourth-order valence-corrected chi connectivity index (χ4v) is 3.97. The second kappa shape index (κ2) is 4.60. The van der Waals surface area contributed by atoms with Gasteiger partial charge in [0, 0.05) is 32.0 Å². The lowest BCUT2D eigenvalue weighted by molar-refractivity contribution is -0.132. The van der Waals surface area contributed by atoms with Gasteiger partial charge < -0.3 is 9.64 Å². The molecule has 0 N–H and O–H groups in total. The van der Waals surface area contributed by atoms with Gasteiger partial charge in [-0.15, -0.1) is 0 Å². The van der Waals surface area contributed by atoms with Crippen molar-refractivity contribution in [2.45, 2.75) is 32.1 Å². The van der Waals surface area contributed by atoms with Crippen LogP contribution in [0.3, 0.4) is 0 Å². The van der Waals surface area contributed by atoms with Gasteiger partial charge in [-0.1, -0.05) is 12.8 Å². The Hall–Kier alpha value is -0.570. The Kier molecular flexibility index (Phi) is 3.12. The Morgan fingerprint density at radius 2 is 1.94 bits per heavy atom. The van der Waals surface area contributed by atoms with Crippen molar-refractivity contribution in [3.63, 3.8) is 0 Å². The summed E-state index contributed by atoms with van der Waals surface area (Å²) in [6.45, 7) is 2.70. The van der Waals surface area contributed by atoms with Crippen LogP contribution in [0.4, 0.5) is 0 Å². The quantitative estimate of drug-likeness (QED) is 0.750. The minimum Gasteiger partial charge on any atom is -0.384 e. The lowest BCUT2D eigenvalue weighted by atomic mass is 10.0. The van der Waals surface area contributed by atoms with Gasteiger partial charge in [0.1, 0.15) is 0 Å². The molecule has 1 aliphatic heterocycles. The molecular weight excluding hydrogens is 214 g/mol. The number of methoxy groups -OCH3 is 1. The van der Waals surface area contributed by atoms with Crippen LogP contribution >= 0.6 is 0 Å². The molecule has 0 aromatic rings. The van der Waals surface area contributed by atoms with Crippen LogP contribution < -0.4 is 0 Å². The van der Waals surface area contributed by atoms with Crippen molar-refractivity contribution in [3.05, 3.63) is 0 Å². The summed E-state index contributed by atoms with van der Waals surface area (Å²) in [5.41, 5.74) is 0. The smallest absolute Gasteiger partial charge is 0.226 e. The fourth-order valence-electron chi connectivity index (χ4n) is 3.97. The molecule has 3 fully saturated rings. The first-order chi connectivity index (χ1) is 8.31. The molecule has 1 amide bonds. The lowest BCUT2D eigenvalue weighted by Crippen LogP contribution is -2.31. The second-order valence-electron chi connectivity index (χ2n) is 6.03. The number of hydrogen-bond donors (Lipinski definition) is 0. The number of carbonyl (C=O) groups excluding carboxylic acids is 1. The van der Waals surface area contributed by atoms with E-state index in [1.807, 2.05) is 0 Å². The summed E-state index contributed by atoms with van der Waals surface area (Å²) in [7, 11) is 1.75. The predicted molar refractivity (Wildman–Crippen MR) is 65.5 cm³/mol. The Bertz CT molecular complexity index is 293. The highest BCUT2D eigenvalue weighted by Crippen LogP contribution is 2.56. The Labute approximate surface area is 104 Å². The average Bonchev–Trinajstić information content (AvgIpc) is 2.89. The summed E-state index contributed by atoms with van der Waals surface area (Å²) in [6.07, 6.45) is 6.42. The minimum atomic E-state index is 0.402. The molecule has 96 valence electrons. The zero-order valence-corrected chi connectivity index (χ0v) is 10.7. The van der Waals surface area contributed by atoms with E-state index < -0.39 is 0 Å². The van der Waals surface area contributed by atoms with Crippen LogP contribution in [-0.4, -0.2) is 37.6 Å². The van der Waals surface area contributed by atoms with Crippen molar-refractivity contribution in [2.24, 2.45) is 23.7 Å². The Morgan fingerprint density at radius 1 is 1.24 bits per heavy atom. The van der Waals surface area contributed by atoms with Gasteiger partial charge in [-0.05, 0) is 31.1 Å². The molecule has 1 heterocycles. The van der Waals surface area contributed by atoms with E-state index in [-0.39, 0.29) is 0 Å². The van der Waals surface area contributed by atoms with Gasteiger partial charge in [-0.2, -0.15) is 0 Å². The Morgan fingerprint density at radius 3 is 2.59 bits per heavy atom. The first-order valence-electron chi connectivity index (χ1n) is 7.09. The summed E-state index contributed by atoms with van der Waals surface area (Å²) in [5.74, 6) is 2.93. The summed E-state index contributed by atoms with van der Waals surface area (Å²) in [4.78, 5) is 14.5. The van der Waals surface area contributed by atoms with E-state index in [2.05, 4.69) is 4.90 Å². The van der Waals surface area contributed by atoms with Crippen molar-refractivity contribution in [1.29, 1.82) is 0 Å². The Balaban J connectivity index is 1.54. The number of ether oxygens (including phenoxy) is 1. The average molecular weight is 237 g/mol. The van der Waals surface area contributed by atoms with Gasteiger partial charge in [-0.3, -0.25) is 4.79 Å². The molecule has 3 rings (SSSR count). The van der Waals surface area contributed by atoms with Gasteiger partial charge in [0.25, 0.3) is 0 Å². The highest BCUT2D eigenvalue weighted by molar-refractivity contribution is 5.82. The van der Waals surface area contributed by atoms with Crippen LogP contribution in [0.15, 0.2) is 0 Å². The van der Waals surface area contributed by atoms with Crippen molar-refractivity contribution in [1.82, 2.24) is 4.90 Å². The predicted octanol–water partition coefficient (Wildman–Crippen LogP) is 1.92. The number of amides is 1. The molecule has 3 nitrogen and oxygen atoms in total. The van der Waals surface area contributed by atoms with E-state index in [1.54, 1.807) is 7.11 Å². The van der Waals surface area contributed by atoms with Crippen molar-refractivity contribution in [2.75, 3.05) is 26.8 Å². The summed E-state index contributed by atoms with van der Waals surface area (Å²) in [5, 5.41) is 0. The van der Waals surface area contributed by atoms with Crippen LogP contribution in [0.25, 0.3) is 0 Å². The van der Waals surface area contributed by atoms with Gasteiger partial charge in [-0.25, -0.2) is 0 Å².